The number of esters is 1. The van der Waals surface area contributed by atoms with Gasteiger partial charge in [0.1, 0.15) is 0 Å². The van der Waals surface area contributed by atoms with E-state index in [0.29, 0.717) is 23.7 Å². The second kappa shape index (κ2) is 5.64. The Morgan fingerprint density at radius 1 is 1.15 bits per heavy atom. The number of ether oxygens (including phenoxy) is 1. The molecule has 1 aromatic heterocycles. The molecule has 2 aromatic carbocycles. The zero-order valence-electron chi connectivity index (χ0n) is 14.0. The molecule has 3 heterocycles. The summed E-state index contributed by atoms with van der Waals surface area (Å²) in [4.78, 5) is 31.6. The van der Waals surface area contributed by atoms with Crippen LogP contribution in [0.5, 0.6) is 0 Å². The second-order valence-electron chi connectivity index (χ2n) is 6.75. The number of fused-ring (bicyclic) bond motifs is 3. The van der Waals surface area contributed by atoms with E-state index in [1.54, 1.807) is 11.0 Å². The summed E-state index contributed by atoms with van der Waals surface area (Å²) >= 11 is 1.41. The highest BCUT2D eigenvalue weighted by molar-refractivity contribution is 7.20. The normalized spacial score (nSPS) is 21.8. The van der Waals surface area contributed by atoms with Crippen LogP contribution in [0.15, 0.2) is 48.5 Å². The lowest BCUT2D eigenvalue weighted by Gasteiger charge is -2.39. The van der Waals surface area contributed by atoms with Crippen LogP contribution in [0.3, 0.4) is 0 Å². The molecule has 1 spiro atoms. The third-order valence-electron chi connectivity index (χ3n) is 5.14. The number of benzene rings is 2. The maximum Gasteiger partial charge on any atom is 0.339 e. The maximum absolute atomic E-state index is 13.0. The van der Waals surface area contributed by atoms with Gasteiger partial charge in [0, 0.05) is 12.1 Å². The molecular weight excluding hydrogens is 348 g/mol. The summed E-state index contributed by atoms with van der Waals surface area (Å²) in [5.41, 5.74) is 1.62. The van der Waals surface area contributed by atoms with Crippen molar-refractivity contribution < 1.29 is 14.3 Å². The summed E-state index contributed by atoms with van der Waals surface area (Å²) in [6.07, 6.45) is 1.53. The Hall–Kier alpha value is -2.73. The molecule has 5 nitrogen and oxygen atoms in total. The molecule has 0 radical (unpaired) electrons. The topological polar surface area (TPSA) is 59.5 Å². The number of piperidine rings is 1. The highest BCUT2D eigenvalue weighted by Gasteiger charge is 2.49. The summed E-state index contributed by atoms with van der Waals surface area (Å²) in [5.74, 6) is -0.388. The molecule has 0 N–H and O–H groups in total. The van der Waals surface area contributed by atoms with E-state index in [9.17, 15) is 9.59 Å². The summed E-state index contributed by atoms with van der Waals surface area (Å²) in [5, 5.41) is 0.487. The molecule has 6 heteroatoms. The first-order valence-corrected chi connectivity index (χ1v) is 9.46. The quantitative estimate of drug-likeness (QED) is 0.619. The Kier molecular flexibility index (Phi) is 3.37. The number of rotatable bonds is 1. The van der Waals surface area contributed by atoms with Crippen molar-refractivity contribution in [1.29, 1.82) is 0 Å². The van der Waals surface area contributed by atoms with Gasteiger partial charge >= 0.3 is 5.97 Å². The van der Waals surface area contributed by atoms with E-state index in [1.807, 2.05) is 42.5 Å². The van der Waals surface area contributed by atoms with Crippen molar-refractivity contribution in [2.75, 3.05) is 13.1 Å². The van der Waals surface area contributed by atoms with Crippen molar-refractivity contribution in [2.45, 2.75) is 18.4 Å². The molecule has 5 rings (SSSR count). The lowest BCUT2D eigenvalue weighted by Crippen LogP contribution is -2.48. The third kappa shape index (κ3) is 2.25. The van der Waals surface area contributed by atoms with E-state index in [-0.39, 0.29) is 11.9 Å². The van der Waals surface area contributed by atoms with Gasteiger partial charge in [-0.15, -0.1) is 11.3 Å². The van der Waals surface area contributed by atoms with E-state index in [4.69, 9.17) is 4.74 Å². The van der Waals surface area contributed by atoms with Crippen LogP contribution in [0.1, 0.15) is 38.6 Å². The molecule has 0 saturated carbocycles. The number of hydrogen-bond acceptors (Lipinski definition) is 5. The fraction of sp³-hybridized carbons (Fsp3) is 0.250. The van der Waals surface area contributed by atoms with E-state index in [2.05, 4.69) is 4.98 Å². The Morgan fingerprint density at radius 2 is 1.96 bits per heavy atom. The van der Waals surface area contributed by atoms with Crippen LogP contribution in [0.2, 0.25) is 0 Å². The fourth-order valence-electron chi connectivity index (χ4n) is 3.94. The van der Waals surface area contributed by atoms with Crippen molar-refractivity contribution in [1.82, 2.24) is 9.88 Å². The smallest absolute Gasteiger partial charge is 0.339 e. The number of para-hydroxylation sites is 1. The second-order valence-corrected chi connectivity index (χ2v) is 7.78. The molecule has 0 aliphatic carbocycles. The number of carbonyl (C=O) groups excluding carboxylic acids is 2. The molecule has 0 unspecified atom stereocenters. The van der Waals surface area contributed by atoms with Gasteiger partial charge in [0.15, 0.2) is 10.6 Å². The van der Waals surface area contributed by atoms with Crippen LogP contribution in [-0.4, -0.2) is 34.8 Å². The molecule has 26 heavy (non-hydrogen) atoms. The predicted molar refractivity (Wildman–Crippen MR) is 98.3 cm³/mol. The van der Waals surface area contributed by atoms with Gasteiger partial charge in [-0.2, -0.15) is 0 Å². The van der Waals surface area contributed by atoms with Gasteiger partial charge in [-0.05, 0) is 31.0 Å². The molecule has 1 amide bonds. The number of likely N-dealkylation sites (tertiary alicyclic amines) is 1. The first kappa shape index (κ1) is 15.5. The molecular formula is C20H16N2O3S. The third-order valence-corrected chi connectivity index (χ3v) is 6.17. The van der Waals surface area contributed by atoms with Gasteiger partial charge in [-0.25, -0.2) is 9.78 Å². The number of nitrogens with zero attached hydrogens (tertiary/aromatic N) is 2. The van der Waals surface area contributed by atoms with Crippen LogP contribution >= 0.6 is 11.3 Å². The van der Waals surface area contributed by atoms with Gasteiger partial charge in [0.25, 0.3) is 5.91 Å². The van der Waals surface area contributed by atoms with Gasteiger partial charge in [-0.3, -0.25) is 4.79 Å². The Bertz CT molecular complexity index is 1010. The fourth-order valence-corrected chi connectivity index (χ4v) is 4.88. The van der Waals surface area contributed by atoms with Crippen molar-refractivity contribution in [3.63, 3.8) is 0 Å². The van der Waals surface area contributed by atoms with E-state index >= 15 is 0 Å². The summed E-state index contributed by atoms with van der Waals surface area (Å²) < 4.78 is 6.79. The van der Waals surface area contributed by atoms with Crippen molar-refractivity contribution in [3.8, 4) is 0 Å². The minimum atomic E-state index is -0.724. The number of aromatic nitrogens is 1. The van der Waals surface area contributed by atoms with Crippen LogP contribution in [0.4, 0.5) is 0 Å². The average molecular weight is 364 g/mol. The molecule has 0 bridgehead atoms. The Labute approximate surface area is 154 Å². The van der Waals surface area contributed by atoms with Gasteiger partial charge in [0.2, 0.25) is 0 Å². The largest absolute Gasteiger partial charge is 0.449 e. The molecule has 2 aliphatic rings. The highest BCUT2D eigenvalue weighted by atomic mass is 32.1. The van der Waals surface area contributed by atoms with Crippen LogP contribution in [0, 0.1) is 0 Å². The van der Waals surface area contributed by atoms with E-state index in [0.717, 1.165) is 28.6 Å². The van der Waals surface area contributed by atoms with Crippen LogP contribution < -0.4 is 0 Å². The van der Waals surface area contributed by atoms with Crippen LogP contribution in [-0.2, 0) is 10.3 Å². The zero-order chi connectivity index (χ0) is 17.7. The lowest BCUT2D eigenvalue weighted by molar-refractivity contribution is -0.0442. The maximum atomic E-state index is 13.0. The van der Waals surface area contributed by atoms with Gasteiger partial charge in [-0.1, -0.05) is 30.3 Å². The molecule has 3 aromatic rings. The summed E-state index contributed by atoms with van der Waals surface area (Å²) in [6.45, 7) is 1.03. The minimum absolute atomic E-state index is 0.0919. The van der Waals surface area contributed by atoms with Gasteiger partial charge < -0.3 is 9.64 Å². The molecule has 2 aliphatic heterocycles. The predicted octanol–water partition coefficient (Wildman–Crippen LogP) is 3.60. The first-order chi connectivity index (χ1) is 12.7. The lowest BCUT2D eigenvalue weighted by atomic mass is 9.85. The number of thiazole rings is 1. The van der Waals surface area contributed by atoms with E-state index < -0.39 is 5.60 Å². The highest BCUT2D eigenvalue weighted by Crippen LogP contribution is 2.43. The molecule has 1 saturated heterocycles. The van der Waals surface area contributed by atoms with Crippen LogP contribution in [0.25, 0.3) is 10.2 Å². The molecule has 130 valence electrons. The SMILES string of the molecule is O=C1O[C@]2(CCCN(C(=O)c3nc4ccccc4s3)C2)c2ccccc21. The Morgan fingerprint density at radius 3 is 2.85 bits per heavy atom. The standard InChI is InChI=1S/C20H16N2O3S/c23-18(17-21-15-8-3-4-9-16(15)26-17)22-11-5-10-20(12-22)14-7-2-1-6-13(14)19(24)25-20/h1-4,6-9H,5,10-12H2/t20-/m0/s1. The number of hydrogen-bond donors (Lipinski definition) is 0. The van der Waals surface area contributed by atoms with Crippen molar-refractivity contribution in [2.24, 2.45) is 0 Å². The Balaban J connectivity index is 1.48. The van der Waals surface area contributed by atoms with Gasteiger partial charge in [0.05, 0.1) is 22.3 Å². The summed E-state index contributed by atoms with van der Waals surface area (Å²) in [6, 6.07) is 15.2. The minimum Gasteiger partial charge on any atom is -0.449 e. The molecule has 1 atom stereocenters. The number of amides is 1. The zero-order valence-corrected chi connectivity index (χ0v) is 14.8. The monoisotopic (exact) mass is 364 g/mol. The molecule has 1 fully saturated rings. The first-order valence-electron chi connectivity index (χ1n) is 8.64. The van der Waals surface area contributed by atoms with E-state index in [1.165, 1.54) is 11.3 Å². The van der Waals surface area contributed by atoms with Crippen molar-refractivity contribution >= 4 is 33.4 Å². The number of carbonyl (C=O) groups is 2. The summed E-state index contributed by atoms with van der Waals surface area (Å²) in [7, 11) is 0. The van der Waals surface area contributed by atoms with Crippen molar-refractivity contribution in [3.05, 3.63) is 64.7 Å². The average Bonchev–Trinajstić information content (AvgIpc) is 3.22.